The third-order valence-electron chi connectivity index (χ3n) is 3.15. The van der Waals surface area contributed by atoms with Crippen LogP contribution in [0.2, 0.25) is 0 Å². The van der Waals surface area contributed by atoms with Crippen LogP contribution in [0.5, 0.6) is 0 Å². The van der Waals surface area contributed by atoms with Crippen molar-refractivity contribution >= 4 is 11.9 Å². The van der Waals surface area contributed by atoms with E-state index in [-0.39, 0.29) is 5.91 Å². The molecule has 0 atom stereocenters. The number of unbranched alkanes of at least 4 members (excludes halogenated alkanes) is 3. The van der Waals surface area contributed by atoms with Crippen LogP contribution in [-0.2, 0) is 0 Å². The first kappa shape index (κ1) is 16.4. The Kier molecular flexibility index (Phi) is 7.62. The van der Waals surface area contributed by atoms with E-state index in [0.717, 1.165) is 38.6 Å². The second kappa shape index (κ2) is 9.28. The van der Waals surface area contributed by atoms with Crippen LogP contribution >= 0.6 is 0 Å². The van der Waals surface area contributed by atoms with Crippen molar-refractivity contribution in [3.63, 3.8) is 0 Å². The topological polar surface area (TPSA) is 58.1 Å². The van der Waals surface area contributed by atoms with E-state index in [1.54, 1.807) is 12.4 Å². The summed E-state index contributed by atoms with van der Waals surface area (Å²) < 4.78 is 0. The number of hydrogen-bond donors (Lipinski definition) is 1. The number of carbonyl (C=O) groups excluding carboxylic acids is 1. The molecule has 0 aromatic carbocycles. The highest BCUT2D eigenvalue weighted by atomic mass is 16.1. The first-order valence-electron chi connectivity index (χ1n) is 7.50. The predicted octanol–water partition coefficient (Wildman–Crippen LogP) is 2.63. The van der Waals surface area contributed by atoms with E-state index in [4.69, 9.17) is 0 Å². The molecule has 1 rings (SSSR count). The molecule has 0 saturated heterocycles. The highest BCUT2D eigenvalue weighted by molar-refractivity contribution is 5.93. The van der Waals surface area contributed by atoms with Crippen molar-refractivity contribution in [3.8, 4) is 0 Å². The van der Waals surface area contributed by atoms with Gasteiger partial charge in [0, 0.05) is 32.5 Å². The van der Waals surface area contributed by atoms with Gasteiger partial charge in [0.1, 0.15) is 0 Å². The van der Waals surface area contributed by atoms with Gasteiger partial charge in [0.05, 0.1) is 5.56 Å². The van der Waals surface area contributed by atoms with Gasteiger partial charge in [0.2, 0.25) is 5.95 Å². The molecule has 0 aliphatic carbocycles. The van der Waals surface area contributed by atoms with Gasteiger partial charge < -0.3 is 10.2 Å². The normalized spacial score (nSPS) is 10.3. The van der Waals surface area contributed by atoms with Crippen molar-refractivity contribution in [1.29, 1.82) is 0 Å². The molecule has 112 valence electrons. The summed E-state index contributed by atoms with van der Waals surface area (Å²) in [4.78, 5) is 22.4. The van der Waals surface area contributed by atoms with Gasteiger partial charge in [0.25, 0.3) is 5.91 Å². The lowest BCUT2D eigenvalue weighted by molar-refractivity contribution is 0.0952. The van der Waals surface area contributed by atoms with Gasteiger partial charge in [-0.3, -0.25) is 4.79 Å². The van der Waals surface area contributed by atoms with Crippen LogP contribution in [0.15, 0.2) is 12.4 Å². The highest BCUT2D eigenvalue weighted by Gasteiger charge is 2.08. The van der Waals surface area contributed by atoms with E-state index >= 15 is 0 Å². The third kappa shape index (κ3) is 5.55. The fraction of sp³-hybridized carbons (Fsp3) is 0.667. The Labute approximate surface area is 121 Å². The molecular weight excluding hydrogens is 252 g/mol. The monoisotopic (exact) mass is 278 g/mol. The van der Waals surface area contributed by atoms with Gasteiger partial charge in [-0.05, 0) is 12.8 Å². The van der Waals surface area contributed by atoms with E-state index in [1.807, 2.05) is 11.9 Å². The van der Waals surface area contributed by atoms with Crippen molar-refractivity contribution < 1.29 is 4.79 Å². The van der Waals surface area contributed by atoms with Crippen LogP contribution in [0.1, 0.15) is 56.3 Å². The number of hydrogen-bond acceptors (Lipinski definition) is 4. The number of anilines is 1. The number of rotatable bonds is 9. The van der Waals surface area contributed by atoms with Crippen molar-refractivity contribution in [2.75, 3.05) is 25.0 Å². The highest BCUT2D eigenvalue weighted by Crippen LogP contribution is 2.06. The average Bonchev–Trinajstić information content (AvgIpc) is 2.49. The Morgan fingerprint density at radius 2 is 1.80 bits per heavy atom. The number of carbonyl (C=O) groups is 1. The minimum atomic E-state index is -0.0936. The number of amides is 1. The summed E-state index contributed by atoms with van der Waals surface area (Å²) in [5.41, 5.74) is 0.522. The summed E-state index contributed by atoms with van der Waals surface area (Å²) in [6.07, 6.45) is 8.75. The summed E-state index contributed by atoms with van der Waals surface area (Å²) in [6.45, 7) is 5.94. The van der Waals surface area contributed by atoms with E-state index in [0.29, 0.717) is 18.1 Å². The maximum atomic E-state index is 11.9. The van der Waals surface area contributed by atoms with E-state index in [9.17, 15) is 4.79 Å². The van der Waals surface area contributed by atoms with Gasteiger partial charge in [-0.25, -0.2) is 9.97 Å². The van der Waals surface area contributed by atoms with Crippen molar-refractivity contribution in [2.45, 2.75) is 46.0 Å². The first-order valence-corrected chi connectivity index (χ1v) is 7.50. The van der Waals surface area contributed by atoms with Crippen molar-refractivity contribution in [1.82, 2.24) is 15.3 Å². The van der Waals surface area contributed by atoms with Gasteiger partial charge >= 0.3 is 0 Å². The Morgan fingerprint density at radius 1 is 1.15 bits per heavy atom. The van der Waals surface area contributed by atoms with E-state index in [1.165, 1.54) is 0 Å². The predicted molar refractivity (Wildman–Crippen MR) is 82.1 cm³/mol. The van der Waals surface area contributed by atoms with Crippen LogP contribution in [0, 0.1) is 0 Å². The average molecular weight is 278 g/mol. The van der Waals surface area contributed by atoms with E-state index in [2.05, 4.69) is 29.1 Å². The zero-order valence-electron chi connectivity index (χ0n) is 12.9. The minimum Gasteiger partial charge on any atom is -0.352 e. The van der Waals surface area contributed by atoms with Crippen LogP contribution < -0.4 is 10.2 Å². The van der Waals surface area contributed by atoms with Crippen LogP contribution in [0.3, 0.4) is 0 Å². The summed E-state index contributed by atoms with van der Waals surface area (Å²) >= 11 is 0. The molecule has 0 aliphatic rings. The minimum absolute atomic E-state index is 0.0936. The van der Waals surface area contributed by atoms with Crippen LogP contribution in [0.25, 0.3) is 0 Å². The molecule has 0 bridgehead atoms. The Bertz CT molecular complexity index is 391. The van der Waals surface area contributed by atoms with Gasteiger partial charge in [0.15, 0.2) is 0 Å². The molecule has 0 fully saturated rings. The molecule has 0 radical (unpaired) electrons. The van der Waals surface area contributed by atoms with Gasteiger partial charge in [-0.1, -0.05) is 33.1 Å². The Hall–Kier alpha value is -1.65. The zero-order valence-corrected chi connectivity index (χ0v) is 12.9. The summed E-state index contributed by atoms with van der Waals surface area (Å²) in [7, 11) is 1.97. The molecular formula is C15H26N4O. The second-order valence-corrected chi connectivity index (χ2v) is 5.01. The smallest absolute Gasteiger partial charge is 0.254 e. The Balaban J connectivity index is 2.46. The molecule has 1 aromatic heterocycles. The largest absolute Gasteiger partial charge is 0.352 e. The maximum Gasteiger partial charge on any atom is 0.254 e. The fourth-order valence-corrected chi connectivity index (χ4v) is 1.81. The summed E-state index contributed by atoms with van der Waals surface area (Å²) in [6, 6.07) is 0. The van der Waals surface area contributed by atoms with Crippen LogP contribution in [-0.4, -0.2) is 36.0 Å². The van der Waals surface area contributed by atoms with Crippen LogP contribution in [0.4, 0.5) is 5.95 Å². The molecule has 0 unspecified atom stereocenters. The summed E-state index contributed by atoms with van der Waals surface area (Å²) in [5.74, 6) is 0.574. The molecule has 1 aromatic rings. The molecule has 0 saturated carbocycles. The quantitative estimate of drug-likeness (QED) is 0.705. The molecule has 0 aliphatic heterocycles. The summed E-state index contributed by atoms with van der Waals surface area (Å²) in [5, 5.41) is 2.88. The number of nitrogens with one attached hydrogen (secondary N) is 1. The standard InChI is InChI=1S/C15H26N4O/c1-4-6-8-9-16-14(20)13-11-17-15(18-12-13)19(3)10-7-5-2/h11-12H,4-10H2,1-3H3,(H,16,20). The lowest BCUT2D eigenvalue weighted by Crippen LogP contribution is -2.25. The third-order valence-corrected chi connectivity index (χ3v) is 3.15. The lowest BCUT2D eigenvalue weighted by Gasteiger charge is -2.16. The maximum absolute atomic E-state index is 11.9. The number of nitrogens with zero attached hydrogens (tertiary/aromatic N) is 3. The fourth-order valence-electron chi connectivity index (χ4n) is 1.81. The molecule has 5 heteroatoms. The van der Waals surface area contributed by atoms with Crippen molar-refractivity contribution in [2.24, 2.45) is 0 Å². The zero-order chi connectivity index (χ0) is 14.8. The first-order chi connectivity index (χ1) is 9.69. The molecule has 20 heavy (non-hydrogen) atoms. The molecule has 1 N–H and O–H groups in total. The SMILES string of the molecule is CCCCCNC(=O)c1cnc(N(C)CCCC)nc1. The van der Waals surface area contributed by atoms with Gasteiger partial charge in [-0.2, -0.15) is 0 Å². The molecule has 1 amide bonds. The van der Waals surface area contributed by atoms with Gasteiger partial charge in [-0.15, -0.1) is 0 Å². The molecule has 1 heterocycles. The number of aromatic nitrogens is 2. The van der Waals surface area contributed by atoms with E-state index < -0.39 is 0 Å². The second-order valence-electron chi connectivity index (χ2n) is 5.01. The van der Waals surface area contributed by atoms with Crippen molar-refractivity contribution in [3.05, 3.63) is 18.0 Å². The molecule has 0 spiro atoms. The lowest BCUT2D eigenvalue weighted by atomic mass is 10.2. The Morgan fingerprint density at radius 3 is 2.40 bits per heavy atom. The molecule has 5 nitrogen and oxygen atoms in total.